The molecule has 0 aromatic heterocycles. The standard InChI is InChI=1S/C22H22FNO3/c1-3-4-12-24-19(15-8-6-5-7-9-15)18(21(26)22(24)27)20(25)16-10-11-17(23)14(2)13-16/h5-11,13,19,25H,3-4,12H2,1-2H3/b20-18-. The van der Waals surface area contributed by atoms with Crippen molar-refractivity contribution in [1.29, 1.82) is 0 Å². The smallest absolute Gasteiger partial charge is 0.295 e. The Balaban J connectivity index is 2.16. The van der Waals surface area contributed by atoms with Crippen molar-refractivity contribution in [2.24, 2.45) is 0 Å². The van der Waals surface area contributed by atoms with Crippen LogP contribution in [0.5, 0.6) is 0 Å². The number of Topliss-reactive ketones (excluding diaryl/α,β-unsaturated/α-hetero) is 1. The lowest BCUT2D eigenvalue weighted by Gasteiger charge is -2.25. The Kier molecular flexibility index (Phi) is 5.40. The minimum absolute atomic E-state index is 0.0494. The van der Waals surface area contributed by atoms with Crippen molar-refractivity contribution in [2.75, 3.05) is 6.54 Å². The quantitative estimate of drug-likeness (QED) is 0.485. The van der Waals surface area contributed by atoms with E-state index < -0.39 is 23.5 Å². The molecule has 1 aliphatic heterocycles. The molecule has 27 heavy (non-hydrogen) atoms. The molecule has 1 atom stereocenters. The van der Waals surface area contributed by atoms with Crippen molar-refractivity contribution < 1.29 is 19.1 Å². The van der Waals surface area contributed by atoms with Crippen LogP contribution in [0.1, 0.15) is 42.5 Å². The third-order valence-corrected chi connectivity index (χ3v) is 4.84. The summed E-state index contributed by atoms with van der Waals surface area (Å²) >= 11 is 0. The molecule has 1 amide bonds. The van der Waals surface area contributed by atoms with Gasteiger partial charge in [0.1, 0.15) is 11.6 Å². The molecule has 0 spiro atoms. The Hall–Kier alpha value is -2.95. The second-order valence-corrected chi connectivity index (χ2v) is 6.72. The Morgan fingerprint density at radius 3 is 2.48 bits per heavy atom. The van der Waals surface area contributed by atoms with Crippen LogP contribution >= 0.6 is 0 Å². The number of nitrogens with zero attached hydrogens (tertiary/aromatic N) is 1. The summed E-state index contributed by atoms with van der Waals surface area (Å²) in [6, 6.07) is 12.7. The number of halogens is 1. The van der Waals surface area contributed by atoms with Crippen LogP contribution in [0.3, 0.4) is 0 Å². The Morgan fingerprint density at radius 2 is 1.85 bits per heavy atom. The van der Waals surface area contributed by atoms with Crippen LogP contribution in [-0.2, 0) is 9.59 Å². The summed E-state index contributed by atoms with van der Waals surface area (Å²) in [5.41, 5.74) is 1.49. The summed E-state index contributed by atoms with van der Waals surface area (Å²) in [4.78, 5) is 26.9. The van der Waals surface area contributed by atoms with Gasteiger partial charge in [-0.15, -0.1) is 0 Å². The Labute approximate surface area is 157 Å². The fourth-order valence-electron chi connectivity index (χ4n) is 3.37. The lowest BCUT2D eigenvalue weighted by molar-refractivity contribution is -0.139. The number of likely N-dealkylation sites (tertiary alicyclic amines) is 1. The Bertz CT molecular complexity index is 905. The van der Waals surface area contributed by atoms with Crippen LogP contribution in [0.25, 0.3) is 5.76 Å². The zero-order valence-corrected chi connectivity index (χ0v) is 15.4. The van der Waals surface area contributed by atoms with Gasteiger partial charge in [-0.3, -0.25) is 9.59 Å². The highest BCUT2D eigenvalue weighted by Gasteiger charge is 2.45. The highest BCUT2D eigenvalue weighted by molar-refractivity contribution is 6.46. The van der Waals surface area contributed by atoms with E-state index in [1.54, 1.807) is 6.92 Å². The van der Waals surface area contributed by atoms with Gasteiger partial charge >= 0.3 is 0 Å². The van der Waals surface area contributed by atoms with Crippen molar-refractivity contribution in [3.8, 4) is 0 Å². The van der Waals surface area contributed by atoms with E-state index in [1.165, 1.54) is 23.1 Å². The average molecular weight is 367 g/mol. The maximum absolute atomic E-state index is 13.6. The molecule has 0 radical (unpaired) electrons. The average Bonchev–Trinajstić information content (AvgIpc) is 2.93. The summed E-state index contributed by atoms with van der Waals surface area (Å²) in [5, 5.41) is 10.9. The van der Waals surface area contributed by atoms with E-state index in [0.717, 1.165) is 18.4 Å². The lowest BCUT2D eigenvalue weighted by atomic mass is 9.95. The summed E-state index contributed by atoms with van der Waals surface area (Å²) in [7, 11) is 0. The molecule has 5 heteroatoms. The van der Waals surface area contributed by atoms with Crippen molar-refractivity contribution in [1.82, 2.24) is 4.90 Å². The molecule has 3 rings (SSSR count). The summed E-state index contributed by atoms with van der Waals surface area (Å²) in [6.45, 7) is 4.02. The largest absolute Gasteiger partial charge is 0.507 e. The SMILES string of the molecule is CCCCN1C(=O)C(=O)/C(=C(\O)c2ccc(F)c(C)c2)C1c1ccccc1. The third kappa shape index (κ3) is 3.50. The molecule has 1 saturated heterocycles. The van der Waals surface area contributed by atoms with Crippen LogP contribution in [0.2, 0.25) is 0 Å². The molecule has 1 N–H and O–H groups in total. The highest BCUT2D eigenvalue weighted by atomic mass is 19.1. The van der Waals surface area contributed by atoms with Crippen LogP contribution in [0.15, 0.2) is 54.1 Å². The summed E-state index contributed by atoms with van der Waals surface area (Å²) in [6.07, 6.45) is 1.63. The fourth-order valence-corrected chi connectivity index (χ4v) is 3.37. The van der Waals surface area contributed by atoms with Crippen molar-refractivity contribution in [3.63, 3.8) is 0 Å². The van der Waals surface area contributed by atoms with E-state index in [0.29, 0.717) is 17.7 Å². The first-order chi connectivity index (χ1) is 13.0. The molecule has 0 aliphatic carbocycles. The second-order valence-electron chi connectivity index (χ2n) is 6.72. The second kappa shape index (κ2) is 7.74. The minimum atomic E-state index is -0.709. The number of carbonyl (C=O) groups excluding carboxylic acids is 2. The molecule has 2 aromatic rings. The first-order valence-electron chi connectivity index (χ1n) is 9.05. The first kappa shape index (κ1) is 18.8. The fraction of sp³-hybridized carbons (Fsp3) is 0.273. The van der Waals surface area contributed by atoms with Gasteiger partial charge in [-0.25, -0.2) is 4.39 Å². The van der Waals surface area contributed by atoms with Gasteiger partial charge in [0.2, 0.25) is 0 Å². The van der Waals surface area contributed by atoms with Crippen molar-refractivity contribution in [3.05, 3.63) is 76.6 Å². The van der Waals surface area contributed by atoms with Gasteiger partial charge in [-0.1, -0.05) is 43.7 Å². The number of unbranched alkanes of at least 4 members (excludes halogenated alkanes) is 1. The number of amides is 1. The lowest BCUT2D eigenvalue weighted by Crippen LogP contribution is -2.30. The van der Waals surface area contributed by atoms with E-state index >= 15 is 0 Å². The van der Waals surface area contributed by atoms with Gasteiger partial charge in [0, 0.05) is 12.1 Å². The van der Waals surface area contributed by atoms with Gasteiger partial charge < -0.3 is 10.0 Å². The molecule has 1 aliphatic rings. The molecule has 0 bridgehead atoms. The molecule has 1 unspecified atom stereocenters. The van der Waals surface area contributed by atoms with Crippen molar-refractivity contribution in [2.45, 2.75) is 32.7 Å². The first-order valence-corrected chi connectivity index (χ1v) is 9.05. The molecular weight excluding hydrogens is 345 g/mol. The Morgan fingerprint density at radius 1 is 1.15 bits per heavy atom. The van der Waals surface area contributed by atoms with Gasteiger partial charge in [0.25, 0.3) is 11.7 Å². The number of hydrogen-bond acceptors (Lipinski definition) is 3. The maximum atomic E-state index is 13.6. The van der Waals surface area contributed by atoms with E-state index in [1.807, 2.05) is 37.3 Å². The summed E-state index contributed by atoms with van der Waals surface area (Å²) < 4.78 is 13.6. The molecule has 1 fully saturated rings. The molecule has 140 valence electrons. The maximum Gasteiger partial charge on any atom is 0.295 e. The molecular formula is C22H22FNO3. The number of hydrogen-bond donors (Lipinski definition) is 1. The van der Waals surface area contributed by atoms with Crippen LogP contribution < -0.4 is 0 Å². The van der Waals surface area contributed by atoms with Gasteiger partial charge in [0.15, 0.2) is 0 Å². The van der Waals surface area contributed by atoms with Crippen LogP contribution in [0, 0.1) is 12.7 Å². The van der Waals surface area contributed by atoms with E-state index in [-0.39, 0.29) is 11.3 Å². The number of carbonyl (C=O) groups is 2. The van der Waals surface area contributed by atoms with Gasteiger partial charge in [-0.2, -0.15) is 0 Å². The number of aliphatic hydroxyl groups excluding tert-OH is 1. The molecule has 1 heterocycles. The number of rotatable bonds is 5. The van der Waals surface area contributed by atoms with E-state index in [4.69, 9.17) is 0 Å². The number of aryl methyl sites for hydroxylation is 1. The predicted octanol–water partition coefficient (Wildman–Crippen LogP) is 4.36. The number of ketones is 1. The topological polar surface area (TPSA) is 57.6 Å². The van der Waals surface area contributed by atoms with Crippen LogP contribution in [0.4, 0.5) is 4.39 Å². The van der Waals surface area contributed by atoms with E-state index in [2.05, 4.69) is 0 Å². The van der Waals surface area contributed by atoms with Crippen molar-refractivity contribution >= 4 is 17.4 Å². The number of aliphatic hydroxyl groups is 1. The zero-order chi connectivity index (χ0) is 19.6. The van der Waals surface area contributed by atoms with E-state index in [9.17, 15) is 19.1 Å². The van der Waals surface area contributed by atoms with Crippen LogP contribution in [-0.4, -0.2) is 28.2 Å². The molecule has 2 aromatic carbocycles. The number of benzene rings is 2. The monoisotopic (exact) mass is 367 g/mol. The normalized spacial score (nSPS) is 18.9. The molecule has 0 saturated carbocycles. The zero-order valence-electron chi connectivity index (χ0n) is 15.4. The minimum Gasteiger partial charge on any atom is -0.507 e. The van der Waals surface area contributed by atoms with Gasteiger partial charge in [-0.05, 0) is 42.7 Å². The third-order valence-electron chi connectivity index (χ3n) is 4.84. The highest BCUT2D eigenvalue weighted by Crippen LogP contribution is 2.39. The molecule has 4 nitrogen and oxygen atoms in total. The van der Waals surface area contributed by atoms with Gasteiger partial charge in [0.05, 0.1) is 11.6 Å². The predicted molar refractivity (Wildman–Crippen MR) is 101 cm³/mol. The summed E-state index contributed by atoms with van der Waals surface area (Å²) in [5.74, 6) is -1.99.